The van der Waals surface area contributed by atoms with Gasteiger partial charge in [0.05, 0.1) is 18.6 Å². The Kier molecular flexibility index (Phi) is 5.43. The molecule has 3 nitrogen and oxygen atoms in total. The fourth-order valence-corrected chi connectivity index (χ4v) is 1.29. The lowest BCUT2D eigenvalue weighted by Crippen LogP contribution is -2.11. The Balaban J connectivity index is 2.36. The second kappa shape index (κ2) is 6.64. The molecule has 1 rings (SSSR count). The average Bonchev–Trinajstić information content (AvgIpc) is 2.24. The summed E-state index contributed by atoms with van der Waals surface area (Å²) in [6.07, 6.45) is 3.64. The van der Waals surface area contributed by atoms with Crippen LogP contribution in [0, 0.1) is 0 Å². The van der Waals surface area contributed by atoms with Crippen molar-refractivity contribution in [2.75, 3.05) is 13.2 Å². The van der Waals surface area contributed by atoms with Crippen LogP contribution in [0.1, 0.15) is 19.4 Å². The van der Waals surface area contributed by atoms with Crippen molar-refractivity contribution in [2.45, 2.75) is 25.8 Å². The van der Waals surface area contributed by atoms with Crippen LogP contribution in [0.3, 0.4) is 0 Å². The minimum Gasteiger partial charge on any atom is -0.491 e. The van der Waals surface area contributed by atoms with Gasteiger partial charge in [-0.3, -0.25) is 4.98 Å². The maximum absolute atomic E-state index is 5.74. The van der Waals surface area contributed by atoms with Gasteiger partial charge in [-0.25, -0.2) is 0 Å². The summed E-state index contributed by atoms with van der Waals surface area (Å²) in [6.45, 7) is 5.11. The van der Waals surface area contributed by atoms with E-state index < -0.39 is 0 Å². The molecule has 0 aliphatic rings. The zero-order valence-corrected chi connectivity index (χ0v) is 9.83. The molecule has 0 aromatic carbocycles. The summed E-state index contributed by atoms with van der Waals surface area (Å²) in [5, 5.41) is 0. The van der Waals surface area contributed by atoms with E-state index in [0.29, 0.717) is 19.1 Å². The lowest BCUT2D eigenvalue weighted by atomic mass is 10.3. The van der Waals surface area contributed by atoms with E-state index in [1.54, 1.807) is 12.4 Å². The van der Waals surface area contributed by atoms with Crippen LogP contribution in [0.15, 0.2) is 18.5 Å². The third-order valence-corrected chi connectivity index (χ3v) is 2.08. The molecule has 0 amide bonds. The minimum absolute atomic E-state index is 0.235. The van der Waals surface area contributed by atoms with Crippen molar-refractivity contribution in [1.82, 2.24) is 4.98 Å². The fraction of sp³-hybridized carbons (Fsp3) is 0.545. The van der Waals surface area contributed by atoms with Crippen molar-refractivity contribution in [2.24, 2.45) is 0 Å². The Bertz CT molecular complexity index is 292. The third kappa shape index (κ3) is 4.49. The Hall–Kier alpha value is -0.800. The van der Waals surface area contributed by atoms with Gasteiger partial charge in [-0.05, 0) is 19.9 Å². The molecule has 0 bridgehead atoms. The predicted octanol–water partition coefficient (Wildman–Crippen LogP) is 2.62. The van der Waals surface area contributed by atoms with Gasteiger partial charge in [-0.1, -0.05) is 0 Å². The highest BCUT2D eigenvalue weighted by atomic mass is 35.5. The van der Waals surface area contributed by atoms with Crippen LogP contribution in [0.4, 0.5) is 0 Å². The third-order valence-electron chi connectivity index (χ3n) is 1.79. The summed E-state index contributed by atoms with van der Waals surface area (Å²) in [6, 6.07) is 1.81. The van der Waals surface area contributed by atoms with Gasteiger partial charge >= 0.3 is 0 Å². The molecule has 84 valence electrons. The summed E-state index contributed by atoms with van der Waals surface area (Å²) < 4.78 is 10.9. The number of aromatic nitrogens is 1. The van der Waals surface area contributed by atoms with E-state index in [1.165, 1.54) is 0 Å². The molecule has 4 heteroatoms. The molecule has 1 aromatic heterocycles. The molecule has 0 fully saturated rings. The summed E-state index contributed by atoms with van der Waals surface area (Å²) >= 11 is 5.74. The Labute approximate surface area is 95.4 Å². The van der Waals surface area contributed by atoms with Crippen molar-refractivity contribution in [1.29, 1.82) is 0 Å². The van der Waals surface area contributed by atoms with Crippen molar-refractivity contribution in [3.8, 4) is 5.75 Å². The first kappa shape index (κ1) is 12.3. The van der Waals surface area contributed by atoms with Crippen LogP contribution >= 0.6 is 11.6 Å². The topological polar surface area (TPSA) is 31.4 Å². The van der Waals surface area contributed by atoms with Gasteiger partial charge in [0.2, 0.25) is 0 Å². The summed E-state index contributed by atoms with van der Waals surface area (Å²) in [5.41, 5.74) is 0.906. The van der Waals surface area contributed by atoms with E-state index in [2.05, 4.69) is 4.98 Å². The van der Waals surface area contributed by atoms with E-state index >= 15 is 0 Å². The van der Waals surface area contributed by atoms with Crippen molar-refractivity contribution in [3.05, 3.63) is 24.0 Å². The molecule has 0 aliphatic heterocycles. The number of pyridine rings is 1. The van der Waals surface area contributed by atoms with Gasteiger partial charge < -0.3 is 9.47 Å². The van der Waals surface area contributed by atoms with Crippen LogP contribution in [0.5, 0.6) is 5.75 Å². The zero-order chi connectivity index (χ0) is 11.1. The predicted molar refractivity (Wildman–Crippen MR) is 60.4 cm³/mol. The van der Waals surface area contributed by atoms with Crippen molar-refractivity contribution in [3.63, 3.8) is 0 Å². The summed E-state index contributed by atoms with van der Waals surface area (Å²) in [5.74, 6) is 1.20. The molecule has 0 aliphatic carbocycles. The Morgan fingerprint density at radius 1 is 1.40 bits per heavy atom. The molecule has 1 aromatic rings. The number of alkyl halides is 1. The number of rotatable bonds is 6. The summed E-state index contributed by atoms with van der Waals surface area (Å²) in [7, 11) is 0. The van der Waals surface area contributed by atoms with Crippen molar-refractivity contribution >= 4 is 11.6 Å². The molecule has 0 atom stereocenters. The van der Waals surface area contributed by atoms with Crippen LogP contribution in [-0.4, -0.2) is 24.3 Å². The molecule has 1 heterocycles. The maximum Gasteiger partial charge on any atom is 0.126 e. The highest BCUT2D eigenvalue weighted by molar-refractivity contribution is 6.17. The van der Waals surface area contributed by atoms with E-state index in [9.17, 15) is 0 Å². The van der Waals surface area contributed by atoms with Gasteiger partial charge in [0.25, 0.3) is 0 Å². The zero-order valence-electron chi connectivity index (χ0n) is 9.07. The molecular formula is C11H16ClNO2. The smallest absolute Gasteiger partial charge is 0.126 e. The van der Waals surface area contributed by atoms with E-state index in [4.69, 9.17) is 21.1 Å². The fourth-order valence-electron chi connectivity index (χ4n) is 1.09. The molecule has 0 saturated heterocycles. The monoisotopic (exact) mass is 229 g/mol. The molecule has 15 heavy (non-hydrogen) atoms. The second-order valence-electron chi connectivity index (χ2n) is 3.39. The Morgan fingerprint density at radius 3 is 2.87 bits per heavy atom. The highest BCUT2D eigenvalue weighted by Gasteiger charge is 2.02. The van der Waals surface area contributed by atoms with Crippen LogP contribution < -0.4 is 4.74 Å². The van der Waals surface area contributed by atoms with Crippen LogP contribution in [0.2, 0.25) is 0 Å². The van der Waals surface area contributed by atoms with Crippen LogP contribution in [-0.2, 0) is 10.6 Å². The number of hydrogen-bond acceptors (Lipinski definition) is 3. The first-order valence-corrected chi connectivity index (χ1v) is 5.50. The van der Waals surface area contributed by atoms with Crippen LogP contribution in [0.25, 0.3) is 0 Å². The first-order chi connectivity index (χ1) is 7.24. The van der Waals surface area contributed by atoms with E-state index in [0.717, 1.165) is 11.3 Å². The van der Waals surface area contributed by atoms with Gasteiger partial charge in [-0.2, -0.15) is 0 Å². The summed E-state index contributed by atoms with van der Waals surface area (Å²) in [4.78, 5) is 3.98. The minimum atomic E-state index is 0.235. The van der Waals surface area contributed by atoms with Gasteiger partial charge in [0, 0.05) is 18.0 Å². The quantitative estimate of drug-likeness (QED) is 0.555. The molecule has 0 unspecified atom stereocenters. The Morgan fingerprint density at radius 2 is 2.20 bits per heavy atom. The average molecular weight is 230 g/mol. The molecular weight excluding hydrogens is 214 g/mol. The maximum atomic E-state index is 5.74. The lowest BCUT2D eigenvalue weighted by Gasteiger charge is -2.11. The normalized spacial score (nSPS) is 10.7. The number of halogens is 1. The lowest BCUT2D eigenvalue weighted by molar-refractivity contribution is 0.0551. The number of hydrogen-bond donors (Lipinski definition) is 0. The first-order valence-electron chi connectivity index (χ1n) is 4.97. The highest BCUT2D eigenvalue weighted by Crippen LogP contribution is 2.18. The number of nitrogens with zero attached hydrogens (tertiary/aromatic N) is 1. The molecule has 0 spiro atoms. The largest absolute Gasteiger partial charge is 0.491 e. The molecule has 0 N–H and O–H groups in total. The molecule has 0 radical (unpaired) electrons. The molecule has 0 saturated carbocycles. The standard InChI is InChI=1S/C11H16ClNO2/c1-9(2)14-5-6-15-11-3-4-13-8-10(11)7-12/h3-4,8-9H,5-7H2,1-2H3. The van der Waals surface area contributed by atoms with Gasteiger partial charge in [0.15, 0.2) is 0 Å². The second-order valence-corrected chi connectivity index (χ2v) is 3.65. The van der Waals surface area contributed by atoms with Crippen molar-refractivity contribution < 1.29 is 9.47 Å². The number of ether oxygens (including phenoxy) is 2. The SMILES string of the molecule is CC(C)OCCOc1ccncc1CCl. The van der Waals surface area contributed by atoms with E-state index in [-0.39, 0.29) is 6.10 Å². The van der Waals surface area contributed by atoms with Gasteiger partial charge in [0.1, 0.15) is 12.4 Å². The van der Waals surface area contributed by atoms with Gasteiger partial charge in [-0.15, -0.1) is 11.6 Å². The van der Waals surface area contributed by atoms with E-state index in [1.807, 2.05) is 19.9 Å².